The van der Waals surface area contributed by atoms with Gasteiger partial charge in [0.15, 0.2) is 0 Å². The van der Waals surface area contributed by atoms with Gasteiger partial charge in [-0.3, -0.25) is 4.79 Å². The number of hydrogen-bond acceptors (Lipinski definition) is 2. The Morgan fingerprint density at radius 1 is 1.58 bits per heavy atom. The van der Waals surface area contributed by atoms with Crippen LogP contribution in [-0.4, -0.2) is 23.8 Å². The van der Waals surface area contributed by atoms with E-state index in [2.05, 4.69) is 13.8 Å². The van der Waals surface area contributed by atoms with Crippen LogP contribution >= 0.6 is 0 Å². The number of carbonyl (C=O) groups is 1. The van der Waals surface area contributed by atoms with Crippen molar-refractivity contribution in [2.75, 3.05) is 6.61 Å². The van der Waals surface area contributed by atoms with Crippen LogP contribution in [0.25, 0.3) is 0 Å². The summed E-state index contributed by atoms with van der Waals surface area (Å²) in [5.41, 5.74) is 0. The molecule has 0 aromatic rings. The highest BCUT2D eigenvalue weighted by Crippen LogP contribution is 2.24. The summed E-state index contributed by atoms with van der Waals surface area (Å²) in [4.78, 5) is 10.7. The molecule has 0 spiro atoms. The van der Waals surface area contributed by atoms with E-state index in [1.807, 2.05) is 0 Å². The monoisotopic (exact) mass is 172 g/mol. The lowest BCUT2D eigenvalue weighted by Gasteiger charge is -2.29. The number of ether oxygens (including phenoxy) is 1. The van der Waals surface area contributed by atoms with Gasteiger partial charge in [-0.1, -0.05) is 13.8 Å². The molecule has 1 fully saturated rings. The lowest BCUT2D eigenvalue weighted by Crippen LogP contribution is -2.33. The average Bonchev–Trinajstić information content (AvgIpc) is 2.04. The molecule has 0 bridgehead atoms. The molecule has 0 radical (unpaired) electrons. The van der Waals surface area contributed by atoms with Gasteiger partial charge in [-0.05, 0) is 18.8 Å². The summed E-state index contributed by atoms with van der Waals surface area (Å²) in [5.74, 6) is -0.442. The number of rotatable bonds is 2. The first kappa shape index (κ1) is 9.52. The fourth-order valence-corrected chi connectivity index (χ4v) is 1.52. The molecule has 70 valence electrons. The Kier molecular flexibility index (Phi) is 3.09. The van der Waals surface area contributed by atoms with E-state index >= 15 is 0 Å². The van der Waals surface area contributed by atoms with Gasteiger partial charge in [0.05, 0.1) is 12.0 Å². The van der Waals surface area contributed by atoms with Gasteiger partial charge in [0.1, 0.15) is 0 Å². The van der Waals surface area contributed by atoms with Gasteiger partial charge in [-0.2, -0.15) is 0 Å². The lowest BCUT2D eigenvalue weighted by atomic mass is 9.90. The molecule has 1 heterocycles. The normalized spacial score (nSPS) is 30.6. The van der Waals surface area contributed by atoms with Crippen LogP contribution in [0.2, 0.25) is 0 Å². The van der Waals surface area contributed by atoms with E-state index in [0.29, 0.717) is 25.4 Å². The second-order valence-electron chi connectivity index (χ2n) is 3.71. The zero-order valence-corrected chi connectivity index (χ0v) is 7.62. The standard InChI is InChI=1S/C9H16O3/c1-6(2)8-5-7(9(10)11)3-4-12-8/h6-8H,3-5H2,1-2H3,(H,10,11). The van der Waals surface area contributed by atoms with E-state index in [4.69, 9.17) is 9.84 Å². The number of carboxylic acids is 1. The van der Waals surface area contributed by atoms with Crippen molar-refractivity contribution < 1.29 is 14.6 Å². The molecule has 0 amide bonds. The molecule has 0 saturated carbocycles. The summed E-state index contributed by atoms with van der Waals surface area (Å²) < 4.78 is 5.46. The highest BCUT2D eigenvalue weighted by molar-refractivity contribution is 5.70. The molecule has 3 heteroatoms. The topological polar surface area (TPSA) is 46.5 Å². The second kappa shape index (κ2) is 3.90. The predicted molar refractivity (Wildman–Crippen MR) is 44.9 cm³/mol. The summed E-state index contributed by atoms with van der Waals surface area (Å²) >= 11 is 0. The molecule has 1 rings (SSSR count). The van der Waals surface area contributed by atoms with E-state index in [1.54, 1.807) is 0 Å². The van der Waals surface area contributed by atoms with Crippen molar-refractivity contribution in [2.24, 2.45) is 11.8 Å². The molecule has 0 aromatic carbocycles. The predicted octanol–water partition coefficient (Wildman–Crippen LogP) is 1.52. The Morgan fingerprint density at radius 3 is 2.75 bits per heavy atom. The average molecular weight is 172 g/mol. The molecule has 0 aromatic heterocycles. The molecule has 2 unspecified atom stereocenters. The molecular formula is C9H16O3. The second-order valence-corrected chi connectivity index (χ2v) is 3.71. The highest BCUT2D eigenvalue weighted by atomic mass is 16.5. The van der Waals surface area contributed by atoms with Crippen LogP contribution in [0.15, 0.2) is 0 Å². The van der Waals surface area contributed by atoms with Gasteiger partial charge in [-0.25, -0.2) is 0 Å². The fraction of sp³-hybridized carbons (Fsp3) is 0.889. The highest BCUT2D eigenvalue weighted by Gasteiger charge is 2.28. The SMILES string of the molecule is CC(C)C1CC(C(=O)O)CCO1. The molecule has 1 saturated heterocycles. The summed E-state index contributed by atoms with van der Waals surface area (Å²) in [6, 6.07) is 0. The number of aliphatic carboxylic acids is 1. The summed E-state index contributed by atoms with van der Waals surface area (Å²) in [7, 11) is 0. The zero-order chi connectivity index (χ0) is 9.14. The quantitative estimate of drug-likeness (QED) is 0.687. The third-order valence-corrected chi connectivity index (χ3v) is 2.41. The molecule has 1 N–H and O–H groups in total. The van der Waals surface area contributed by atoms with Crippen LogP contribution in [-0.2, 0) is 9.53 Å². The fourth-order valence-electron chi connectivity index (χ4n) is 1.52. The first-order valence-corrected chi connectivity index (χ1v) is 4.45. The van der Waals surface area contributed by atoms with Crippen LogP contribution in [0.4, 0.5) is 0 Å². The van der Waals surface area contributed by atoms with Gasteiger partial charge in [0, 0.05) is 6.61 Å². The maximum atomic E-state index is 10.7. The lowest BCUT2D eigenvalue weighted by molar-refractivity contribution is -0.148. The number of carboxylic acid groups (broad SMARTS) is 1. The van der Waals surface area contributed by atoms with Crippen molar-refractivity contribution in [3.05, 3.63) is 0 Å². The van der Waals surface area contributed by atoms with Crippen LogP contribution in [0, 0.1) is 11.8 Å². The Hall–Kier alpha value is -0.570. The van der Waals surface area contributed by atoms with Gasteiger partial charge >= 0.3 is 5.97 Å². The minimum absolute atomic E-state index is 0.139. The summed E-state index contributed by atoms with van der Waals surface area (Å²) in [5, 5.41) is 8.78. The van der Waals surface area contributed by atoms with Crippen molar-refractivity contribution >= 4 is 5.97 Å². The molecule has 12 heavy (non-hydrogen) atoms. The molecule has 1 aliphatic heterocycles. The van der Waals surface area contributed by atoms with Gasteiger partial charge in [0.2, 0.25) is 0 Å². The van der Waals surface area contributed by atoms with Gasteiger partial charge < -0.3 is 9.84 Å². The Bertz CT molecular complexity index is 165. The maximum Gasteiger partial charge on any atom is 0.306 e. The van der Waals surface area contributed by atoms with E-state index in [9.17, 15) is 4.79 Å². The third-order valence-electron chi connectivity index (χ3n) is 2.41. The molecule has 1 aliphatic rings. The van der Waals surface area contributed by atoms with E-state index < -0.39 is 5.97 Å². The Morgan fingerprint density at radius 2 is 2.25 bits per heavy atom. The van der Waals surface area contributed by atoms with E-state index in [1.165, 1.54) is 0 Å². The van der Waals surface area contributed by atoms with Crippen molar-refractivity contribution in [3.63, 3.8) is 0 Å². The zero-order valence-electron chi connectivity index (χ0n) is 7.62. The molecule has 2 atom stereocenters. The van der Waals surface area contributed by atoms with Gasteiger partial charge in [0.25, 0.3) is 0 Å². The first-order valence-electron chi connectivity index (χ1n) is 4.45. The van der Waals surface area contributed by atoms with Crippen LogP contribution < -0.4 is 0 Å². The summed E-state index contributed by atoms with van der Waals surface area (Å²) in [6.45, 7) is 4.73. The Labute approximate surface area is 72.7 Å². The van der Waals surface area contributed by atoms with Crippen molar-refractivity contribution in [1.82, 2.24) is 0 Å². The van der Waals surface area contributed by atoms with E-state index in [-0.39, 0.29) is 12.0 Å². The largest absolute Gasteiger partial charge is 0.481 e. The first-order chi connectivity index (χ1) is 5.61. The molecule has 0 aliphatic carbocycles. The van der Waals surface area contributed by atoms with E-state index in [0.717, 1.165) is 0 Å². The van der Waals surface area contributed by atoms with Crippen molar-refractivity contribution in [3.8, 4) is 0 Å². The Balaban J connectivity index is 2.46. The summed E-state index contributed by atoms with van der Waals surface area (Å²) in [6.07, 6.45) is 1.48. The van der Waals surface area contributed by atoms with Crippen LogP contribution in [0.1, 0.15) is 26.7 Å². The molecule has 3 nitrogen and oxygen atoms in total. The van der Waals surface area contributed by atoms with Crippen LogP contribution in [0.5, 0.6) is 0 Å². The van der Waals surface area contributed by atoms with Crippen molar-refractivity contribution in [1.29, 1.82) is 0 Å². The van der Waals surface area contributed by atoms with Crippen LogP contribution in [0.3, 0.4) is 0 Å². The minimum atomic E-state index is -0.677. The molecular weight excluding hydrogens is 156 g/mol. The minimum Gasteiger partial charge on any atom is -0.481 e. The van der Waals surface area contributed by atoms with Gasteiger partial charge in [-0.15, -0.1) is 0 Å². The maximum absolute atomic E-state index is 10.7. The van der Waals surface area contributed by atoms with Crippen molar-refractivity contribution in [2.45, 2.75) is 32.8 Å². The third kappa shape index (κ3) is 2.21. The smallest absolute Gasteiger partial charge is 0.306 e. The number of hydrogen-bond donors (Lipinski definition) is 1.